The van der Waals surface area contributed by atoms with Crippen LogP contribution in [0.3, 0.4) is 0 Å². The molecule has 0 saturated heterocycles. The first-order valence-electron chi connectivity index (χ1n) is 28.8. The lowest BCUT2D eigenvalue weighted by atomic mass is 10.0. The van der Waals surface area contributed by atoms with Gasteiger partial charge in [-0.15, -0.1) is 0 Å². The van der Waals surface area contributed by atoms with Crippen molar-refractivity contribution in [2.24, 2.45) is 0 Å². The minimum absolute atomic E-state index is 0.0657. The van der Waals surface area contributed by atoms with Gasteiger partial charge < -0.3 is 14.2 Å². The molecule has 382 valence electrons. The van der Waals surface area contributed by atoms with Crippen molar-refractivity contribution in [3.8, 4) is 0 Å². The van der Waals surface area contributed by atoms with Gasteiger partial charge in [0.05, 0.1) is 0 Å². The summed E-state index contributed by atoms with van der Waals surface area (Å²) in [6.45, 7) is 6.65. The molecule has 0 aromatic carbocycles. The number of carbonyl (C=O) groups is 3. The van der Waals surface area contributed by atoms with E-state index >= 15 is 0 Å². The van der Waals surface area contributed by atoms with Crippen LogP contribution >= 0.6 is 0 Å². The van der Waals surface area contributed by atoms with Gasteiger partial charge in [-0.05, 0) is 51.4 Å². The van der Waals surface area contributed by atoms with E-state index in [4.69, 9.17) is 14.2 Å². The van der Waals surface area contributed by atoms with Gasteiger partial charge in [-0.1, -0.05) is 270 Å². The van der Waals surface area contributed by atoms with Gasteiger partial charge in [0.1, 0.15) is 13.2 Å². The molecule has 6 heteroatoms. The fourth-order valence-corrected chi connectivity index (χ4v) is 8.59. The van der Waals surface area contributed by atoms with Crippen molar-refractivity contribution in [2.45, 2.75) is 322 Å². The van der Waals surface area contributed by atoms with Crippen molar-refractivity contribution in [1.29, 1.82) is 0 Å². The normalized spacial score (nSPS) is 12.1. The molecule has 0 spiro atoms. The fraction of sp³-hybridized carbons (Fsp3) is 0.881. The molecule has 0 rings (SSSR count). The zero-order valence-corrected chi connectivity index (χ0v) is 43.8. The van der Waals surface area contributed by atoms with Gasteiger partial charge >= 0.3 is 17.9 Å². The van der Waals surface area contributed by atoms with Crippen LogP contribution in [0.15, 0.2) is 24.3 Å². The number of unbranched alkanes of at least 4 members (excludes halogenated alkanes) is 38. The number of hydrogen-bond acceptors (Lipinski definition) is 6. The highest BCUT2D eigenvalue weighted by Gasteiger charge is 2.19. The van der Waals surface area contributed by atoms with Crippen molar-refractivity contribution in [3.63, 3.8) is 0 Å². The third-order valence-corrected chi connectivity index (χ3v) is 13.0. The van der Waals surface area contributed by atoms with E-state index < -0.39 is 6.10 Å². The largest absolute Gasteiger partial charge is 0.462 e. The van der Waals surface area contributed by atoms with E-state index in [1.807, 2.05) is 0 Å². The molecule has 0 bridgehead atoms. The maximum absolute atomic E-state index is 12.8. The van der Waals surface area contributed by atoms with Crippen LogP contribution in [-0.4, -0.2) is 37.2 Å². The van der Waals surface area contributed by atoms with E-state index in [9.17, 15) is 14.4 Å². The van der Waals surface area contributed by atoms with Gasteiger partial charge in [0.25, 0.3) is 0 Å². The van der Waals surface area contributed by atoms with Crippen LogP contribution in [-0.2, 0) is 28.6 Å². The monoisotopic (exact) mass is 915 g/mol. The standard InChI is InChI=1S/C59H110O6/c1-4-7-10-13-16-19-22-23-24-25-26-27-28-29-30-31-32-33-34-35-38-40-43-46-49-52-58(61)64-55-56(65-59(62)53-50-47-44-41-37-21-18-15-12-9-6-3)54-63-57(60)51-48-45-42-39-36-20-17-14-11-8-5-2/h22-23,25-26,56H,4-21,24,27-55H2,1-3H3/b23-22-,26-25-. The number of ether oxygens (including phenoxy) is 3. The molecular weight excluding hydrogens is 805 g/mol. The van der Waals surface area contributed by atoms with E-state index in [2.05, 4.69) is 45.1 Å². The minimum Gasteiger partial charge on any atom is -0.462 e. The maximum Gasteiger partial charge on any atom is 0.306 e. The van der Waals surface area contributed by atoms with Gasteiger partial charge in [-0.25, -0.2) is 0 Å². The molecule has 0 heterocycles. The molecule has 0 aliphatic rings. The van der Waals surface area contributed by atoms with Gasteiger partial charge in [0.2, 0.25) is 0 Å². The first-order chi connectivity index (χ1) is 32.0. The average Bonchev–Trinajstić information content (AvgIpc) is 3.30. The van der Waals surface area contributed by atoms with Crippen molar-refractivity contribution in [2.75, 3.05) is 13.2 Å². The lowest BCUT2D eigenvalue weighted by Crippen LogP contribution is -2.30. The SMILES string of the molecule is CCCCCCC/C=C\C/C=C\CCCCCCCCCCCCCCCC(=O)OCC(COC(=O)CCCCCCCCCCCCC)OC(=O)CCCCCCCCCCCCC. The van der Waals surface area contributed by atoms with E-state index in [-0.39, 0.29) is 31.1 Å². The second kappa shape index (κ2) is 54.5. The first-order valence-corrected chi connectivity index (χ1v) is 28.8. The van der Waals surface area contributed by atoms with Crippen molar-refractivity contribution < 1.29 is 28.6 Å². The molecule has 0 radical (unpaired) electrons. The number of allylic oxidation sites excluding steroid dienone is 4. The summed E-state index contributed by atoms with van der Waals surface area (Å²) in [5, 5.41) is 0. The summed E-state index contributed by atoms with van der Waals surface area (Å²) < 4.78 is 16.8. The molecule has 0 saturated carbocycles. The lowest BCUT2D eigenvalue weighted by Gasteiger charge is -2.18. The summed E-state index contributed by atoms with van der Waals surface area (Å²) in [6.07, 6.45) is 63.2. The van der Waals surface area contributed by atoms with Crippen LogP contribution in [0.25, 0.3) is 0 Å². The molecule has 0 aliphatic carbocycles. The van der Waals surface area contributed by atoms with E-state index in [1.165, 1.54) is 212 Å². The predicted molar refractivity (Wildman–Crippen MR) is 279 cm³/mol. The molecule has 0 aromatic rings. The molecule has 0 fully saturated rings. The summed E-state index contributed by atoms with van der Waals surface area (Å²) >= 11 is 0. The quantitative estimate of drug-likeness (QED) is 0.0262. The fourth-order valence-electron chi connectivity index (χ4n) is 8.59. The van der Waals surface area contributed by atoms with Crippen LogP contribution in [0, 0.1) is 0 Å². The Morgan fingerprint density at radius 3 is 0.846 bits per heavy atom. The Morgan fingerprint density at radius 2 is 0.554 bits per heavy atom. The third kappa shape index (κ3) is 52.7. The molecule has 0 amide bonds. The summed E-state index contributed by atoms with van der Waals surface area (Å²) in [5.74, 6) is -0.850. The Balaban J connectivity index is 4.14. The topological polar surface area (TPSA) is 78.9 Å². The zero-order chi connectivity index (χ0) is 47.2. The van der Waals surface area contributed by atoms with Gasteiger partial charge in [-0.2, -0.15) is 0 Å². The molecule has 0 aromatic heterocycles. The Bertz CT molecular complexity index is 1050. The van der Waals surface area contributed by atoms with Gasteiger partial charge in [0.15, 0.2) is 6.10 Å². The van der Waals surface area contributed by atoms with Gasteiger partial charge in [-0.3, -0.25) is 14.4 Å². The maximum atomic E-state index is 12.8. The van der Waals surface area contributed by atoms with Crippen molar-refractivity contribution >= 4 is 17.9 Å². The number of esters is 3. The number of hydrogen-bond donors (Lipinski definition) is 0. The van der Waals surface area contributed by atoms with Crippen molar-refractivity contribution in [1.82, 2.24) is 0 Å². The van der Waals surface area contributed by atoms with E-state index in [0.717, 1.165) is 64.2 Å². The summed E-state index contributed by atoms with van der Waals surface area (Å²) in [7, 11) is 0. The molecule has 6 nitrogen and oxygen atoms in total. The Labute approximate surface area is 404 Å². The predicted octanol–water partition coefficient (Wildman–Crippen LogP) is 19.1. The highest BCUT2D eigenvalue weighted by atomic mass is 16.6. The first kappa shape index (κ1) is 62.9. The molecule has 65 heavy (non-hydrogen) atoms. The highest BCUT2D eigenvalue weighted by molar-refractivity contribution is 5.71. The highest BCUT2D eigenvalue weighted by Crippen LogP contribution is 2.17. The molecule has 0 aliphatic heterocycles. The smallest absolute Gasteiger partial charge is 0.306 e. The molecule has 0 N–H and O–H groups in total. The number of rotatable bonds is 53. The summed E-state index contributed by atoms with van der Waals surface area (Å²) in [4.78, 5) is 38.0. The second-order valence-corrected chi connectivity index (χ2v) is 19.6. The molecule has 1 atom stereocenters. The molecule has 1 unspecified atom stereocenters. The second-order valence-electron chi connectivity index (χ2n) is 19.6. The lowest BCUT2D eigenvalue weighted by molar-refractivity contribution is -0.167. The van der Waals surface area contributed by atoms with Crippen LogP contribution in [0.1, 0.15) is 316 Å². The van der Waals surface area contributed by atoms with E-state index in [0.29, 0.717) is 19.3 Å². The minimum atomic E-state index is -0.764. The third-order valence-electron chi connectivity index (χ3n) is 13.0. The Morgan fingerprint density at radius 1 is 0.308 bits per heavy atom. The van der Waals surface area contributed by atoms with Crippen molar-refractivity contribution in [3.05, 3.63) is 24.3 Å². The zero-order valence-electron chi connectivity index (χ0n) is 43.8. The Kier molecular flexibility index (Phi) is 52.7. The van der Waals surface area contributed by atoms with Crippen LogP contribution in [0.5, 0.6) is 0 Å². The summed E-state index contributed by atoms with van der Waals surface area (Å²) in [5.41, 5.74) is 0. The van der Waals surface area contributed by atoms with Crippen LogP contribution in [0.2, 0.25) is 0 Å². The van der Waals surface area contributed by atoms with Crippen LogP contribution < -0.4 is 0 Å². The molecular formula is C59H110O6. The summed E-state index contributed by atoms with van der Waals surface area (Å²) in [6, 6.07) is 0. The van der Waals surface area contributed by atoms with Crippen LogP contribution in [0.4, 0.5) is 0 Å². The van der Waals surface area contributed by atoms with E-state index in [1.54, 1.807) is 0 Å². The van der Waals surface area contributed by atoms with Gasteiger partial charge in [0, 0.05) is 19.3 Å². The average molecular weight is 916 g/mol. The number of carbonyl (C=O) groups excluding carboxylic acids is 3. The Hall–Kier alpha value is -2.11.